The van der Waals surface area contributed by atoms with Crippen LogP contribution in [-0.4, -0.2) is 18.6 Å². The molecule has 4 nitrogen and oxygen atoms in total. The molecule has 0 spiro atoms. The number of carbonyl (C=O) groups is 1. The molecule has 0 saturated carbocycles. The number of fused-ring (bicyclic) bond motifs is 1. The second kappa shape index (κ2) is 5.87. The Balaban J connectivity index is 1.84. The van der Waals surface area contributed by atoms with E-state index in [-0.39, 0.29) is 11.9 Å². The van der Waals surface area contributed by atoms with Gasteiger partial charge in [0.15, 0.2) is 0 Å². The number of nitrogens with one attached hydrogen (secondary N) is 1. The maximum Gasteiger partial charge on any atom is 0.224 e. The van der Waals surface area contributed by atoms with Crippen LogP contribution in [0.25, 0.3) is 0 Å². The van der Waals surface area contributed by atoms with Crippen LogP contribution in [0.4, 0.5) is 5.69 Å². The summed E-state index contributed by atoms with van der Waals surface area (Å²) in [6.07, 6.45) is 3.15. The second-order valence-corrected chi connectivity index (χ2v) is 4.84. The predicted molar refractivity (Wildman–Crippen MR) is 71.8 cm³/mol. The van der Waals surface area contributed by atoms with Crippen LogP contribution in [0.1, 0.15) is 31.7 Å². The van der Waals surface area contributed by atoms with Gasteiger partial charge in [0.2, 0.25) is 5.91 Å². The average molecular weight is 248 g/mol. The van der Waals surface area contributed by atoms with Crippen LogP contribution in [0.3, 0.4) is 0 Å². The first kappa shape index (κ1) is 12.9. The second-order valence-electron chi connectivity index (χ2n) is 4.84. The van der Waals surface area contributed by atoms with Crippen LogP contribution < -0.4 is 15.8 Å². The lowest BCUT2D eigenvalue weighted by atomic mass is 10.1. The van der Waals surface area contributed by atoms with Gasteiger partial charge in [0.1, 0.15) is 5.75 Å². The summed E-state index contributed by atoms with van der Waals surface area (Å²) in [5.41, 5.74) is 7.67. The molecule has 18 heavy (non-hydrogen) atoms. The number of rotatable bonds is 5. The van der Waals surface area contributed by atoms with Crippen molar-refractivity contribution in [1.82, 2.24) is 0 Å². The number of benzene rings is 1. The highest BCUT2D eigenvalue weighted by Crippen LogP contribution is 2.27. The zero-order valence-electron chi connectivity index (χ0n) is 10.7. The van der Waals surface area contributed by atoms with Gasteiger partial charge in [-0.2, -0.15) is 0 Å². The lowest BCUT2D eigenvalue weighted by Gasteiger charge is -2.07. The summed E-state index contributed by atoms with van der Waals surface area (Å²) in [7, 11) is 0. The quantitative estimate of drug-likeness (QED) is 0.838. The van der Waals surface area contributed by atoms with Gasteiger partial charge in [-0.1, -0.05) is 0 Å². The molecule has 98 valence electrons. The SMILES string of the molecule is CC(N)CCCC(=O)Nc1ccc2c(c1)CCO2. The van der Waals surface area contributed by atoms with Gasteiger partial charge < -0.3 is 15.8 Å². The van der Waals surface area contributed by atoms with Crippen molar-refractivity contribution in [3.63, 3.8) is 0 Å². The molecule has 1 atom stereocenters. The number of carbonyl (C=O) groups excluding carboxylic acids is 1. The fourth-order valence-electron chi connectivity index (χ4n) is 2.07. The van der Waals surface area contributed by atoms with Gasteiger partial charge in [-0.25, -0.2) is 0 Å². The minimum absolute atomic E-state index is 0.0505. The van der Waals surface area contributed by atoms with Crippen LogP contribution in [0.15, 0.2) is 18.2 Å². The molecule has 2 rings (SSSR count). The van der Waals surface area contributed by atoms with Gasteiger partial charge in [-0.15, -0.1) is 0 Å². The third-order valence-electron chi connectivity index (χ3n) is 3.04. The third-order valence-corrected chi connectivity index (χ3v) is 3.04. The highest BCUT2D eigenvalue weighted by molar-refractivity contribution is 5.90. The Hall–Kier alpha value is -1.55. The Bertz CT molecular complexity index is 430. The Morgan fingerprint density at radius 1 is 1.56 bits per heavy atom. The molecule has 4 heteroatoms. The Kier molecular flexibility index (Phi) is 4.20. The normalized spacial score (nSPS) is 14.8. The molecule has 0 aliphatic carbocycles. The van der Waals surface area contributed by atoms with Crippen molar-refractivity contribution in [3.05, 3.63) is 23.8 Å². The lowest BCUT2D eigenvalue weighted by molar-refractivity contribution is -0.116. The van der Waals surface area contributed by atoms with Crippen LogP contribution in [0.2, 0.25) is 0 Å². The van der Waals surface area contributed by atoms with E-state index in [1.807, 2.05) is 25.1 Å². The molecule has 1 amide bonds. The number of hydrogen-bond acceptors (Lipinski definition) is 3. The average Bonchev–Trinajstić information content (AvgIpc) is 2.75. The molecule has 1 unspecified atom stereocenters. The van der Waals surface area contributed by atoms with Gasteiger partial charge in [0.05, 0.1) is 6.61 Å². The molecule has 0 fully saturated rings. The summed E-state index contributed by atoms with van der Waals surface area (Å²) >= 11 is 0. The first-order valence-electron chi connectivity index (χ1n) is 6.46. The monoisotopic (exact) mass is 248 g/mol. The van der Waals surface area contributed by atoms with Crippen molar-refractivity contribution in [2.75, 3.05) is 11.9 Å². The predicted octanol–water partition coefficient (Wildman–Crippen LogP) is 2.08. The van der Waals surface area contributed by atoms with Crippen molar-refractivity contribution in [3.8, 4) is 5.75 Å². The van der Waals surface area contributed by atoms with Gasteiger partial charge >= 0.3 is 0 Å². The van der Waals surface area contributed by atoms with Crippen molar-refractivity contribution in [2.45, 2.75) is 38.6 Å². The Morgan fingerprint density at radius 2 is 2.39 bits per heavy atom. The van der Waals surface area contributed by atoms with Crippen LogP contribution >= 0.6 is 0 Å². The van der Waals surface area contributed by atoms with Crippen LogP contribution in [-0.2, 0) is 11.2 Å². The van der Waals surface area contributed by atoms with Gasteiger partial charge in [-0.3, -0.25) is 4.79 Å². The van der Waals surface area contributed by atoms with E-state index in [0.717, 1.165) is 37.3 Å². The fraction of sp³-hybridized carbons (Fsp3) is 0.500. The third kappa shape index (κ3) is 3.47. The lowest BCUT2D eigenvalue weighted by Crippen LogP contribution is -2.16. The van der Waals surface area contributed by atoms with Crippen LogP contribution in [0.5, 0.6) is 5.75 Å². The van der Waals surface area contributed by atoms with E-state index < -0.39 is 0 Å². The molecule has 0 aromatic heterocycles. The molecular weight excluding hydrogens is 228 g/mol. The maximum absolute atomic E-state index is 11.7. The van der Waals surface area contributed by atoms with Crippen molar-refractivity contribution >= 4 is 11.6 Å². The van der Waals surface area contributed by atoms with Crippen LogP contribution in [0, 0.1) is 0 Å². The van der Waals surface area contributed by atoms with Crippen molar-refractivity contribution < 1.29 is 9.53 Å². The number of hydrogen-bond donors (Lipinski definition) is 2. The number of nitrogens with two attached hydrogens (primary N) is 1. The van der Waals surface area contributed by atoms with Crippen molar-refractivity contribution in [1.29, 1.82) is 0 Å². The van der Waals surface area contributed by atoms with E-state index in [9.17, 15) is 4.79 Å². The Labute approximate surface area is 108 Å². The van der Waals surface area contributed by atoms with E-state index in [4.69, 9.17) is 10.5 Å². The topological polar surface area (TPSA) is 64.4 Å². The Morgan fingerprint density at radius 3 is 3.17 bits per heavy atom. The summed E-state index contributed by atoms with van der Waals surface area (Å²) in [6.45, 7) is 2.69. The van der Waals surface area contributed by atoms with E-state index in [0.29, 0.717) is 6.42 Å². The molecule has 3 N–H and O–H groups in total. The molecule has 1 aliphatic heterocycles. The summed E-state index contributed by atoms with van der Waals surface area (Å²) in [5, 5.41) is 2.91. The zero-order valence-corrected chi connectivity index (χ0v) is 10.7. The molecule has 1 heterocycles. The highest BCUT2D eigenvalue weighted by atomic mass is 16.5. The molecule has 0 bridgehead atoms. The first-order chi connectivity index (χ1) is 8.65. The van der Waals surface area contributed by atoms with E-state index in [1.165, 1.54) is 5.56 Å². The summed E-state index contributed by atoms with van der Waals surface area (Å²) in [5.74, 6) is 0.986. The minimum atomic E-state index is 0.0505. The van der Waals surface area contributed by atoms with Gasteiger partial charge in [0.25, 0.3) is 0 Å². The summed E-state index contributed by atoms with van der Waals surface area (Å²) in [6, 6.07) is 5.95. The smallest absolute Gasteiger partial charge is 0.224 e. The fourth-order valence-corrected chi connectivity index (χ4v) is 2.07. The highest BCUT2D eigenvalue weighted by Gasteiger charge is 2.12. The molecule has 0 saturated heterocycles. The number of anilines is 1. The van der Waals surface area contributed by atoms with Gasteiger partial charge in [-0.05, 0) is 43.5 Å². The van der Waals surface area contributed by atoms with E-state index in [1.54, 1.807) is 0 Å². The standard InChI is InChI=1S/C14H20N2O2/c1-10(15)3-2-4-14(17)16-12-5-6-13-11(9-12)7-8-18-13/h5-6,9-10H,2-4,7-8,15H2,1H3,(H,16,17). The van der Waals surface area contributed by atoms with Crippen molar-refractivity contribution in [2.24, 2.45) is 5.73 Å². The van der Waals surface area contributed by atoms with E-state index in [2.05, 4.69) is 5.32 Å². The largest absolute Gasteiger partial charge is 0.493 e. The molecule has 1 aliphatic rings. The maximum atomic E-state index is 11.7. The molecule has 0 radical (unpaired) electrons. The van der Waals surface area contributed by atoms with Gasteiger partial charge in [0, 0.05) is 24.6 Å². The molecular formula is C14H20N2O2. The minimum Gasteiger partial charge on any atom is -0.493 e. The van der Waals surface area contributed by atoms with E-state index >= 15 is 0 Å². The molecule has 1 aromatic rings. The first-order valence-corrected chi connectivity index (χ1v) is 6.46. The summed E-state index contributed by atoms with van der Waals surface area (Å²) < 4.78 is 5.42. The summed E-state index contributed by atoms with van der Waals surface area (Å²) in [4.78, 5) is 11.7. The number of amides is 1. The molecule has 1 aromatic carbocycles. The number of ether oxygens (including phenoxy) is 1. The zero-order chi connectivity index (χ0) is 13.0.